The molecule has 0 aliphatic carbocycles. The van der Waals surface area contributed by atoms with E-state index in [1.165, 1.54) is 0 Å². The van der Waals surface area contributed by atoms with Crippen molar-refractivity contribution in [1.29, 1.82) is 0 Å². The Kier molecular flexibility index (Phi) is 11.1. The third-order valence-electron chi connectivity index (χ3n) is 3.62. The lowest BCUT2D eigenvalue weighted by Gasteiger charge is -2.32. The van der Waals surface area contributed by atoms with Crippen LogP contribution in [0, 0.1) is 11.8 Å². The summed E-state index contributed by atoms with van der Waals surface area (Å²) < 4.78 is 0. The number of hydrogen-bond donors (Lipinski definition) is 0. The maximum atomic E-state index is 12.4. The lowest BCUT2D eigenvalue weighted by molar-refractivity contribution is -0.128. The first-order chi connectivity index (χ1) is 11.2. The average Bonchev–Trinajstić information content (AvgIpc) is 2.51. The SMILES string of the molecule is C=C/C(=C\C=C(/C=C)C(=O)N1CCN(C)CC1)C(C)C.CC(C)C. The minimum absolute atomic E-state index is 0.0662. The van der Waals surface area contributed by atoms with Crippen molar-refractivity contribution in [3.05, 3.63) is 48.6 Å². The molecule has 1 saturated heterocycles. The quantitative estimate of drug-likeness (QED) is 0.553. The molecule has 1 heterocycles. The highest BCUT2D eigenvalue weighted by molar-refractivity contribution is 5.96. The van der Waals surface area contributed by atoms with E-state index in [4.69, 9.17) is 0 Å². The number of likely N-dealkylation sites (N-methyl/N-ethyl adjacent to an activating group) is 1. The van der Waals surface area contributed by atoms with Gasteiger partial charge in [-0.15, -0.1) is 0 Å². The number of piperazine rings is 1. The van der Waals surface area contributed by atoms with Crippen molar-refractivity contribution in [3.8, 4) is 0 Å². The summed E-state index contributed by atoms with van der Waals surface area (Å²) >= 11 is 0. The maximum Gasteiger partial charge on any atom is 0.253 e. The Balaban J connectivity index is 0.00000118. The summed E-state index contributed by atoms with van der Waals surface area (Å²) in [4.78, 5) is 16.5. The molecule has 0 N–H and O–H groups in total. The van der Waals surface area contributed by atoms with Gasteiger partial charge in [0.15, 0.2) is 0 Å². The molecule has 1 amide bonds. The third kappa shape index (κ3) is 8.88. The normalized spacial score (nSPS) is 16.8. The van der Waals surface area contributed by atoms with Gasteiger partial charge in [-0.25, -0.2) is 0 Å². The smallest absolute Gasteiger partial charge is 0.253 e. The number of rotatable bonds is 5. The zero-order valence-electron chi connectivity index (χ0n) is 16.5. The Morgan fingerprint density at radius 1 is 0.917 bits per heavy atom. The number of nitrogens with zero attached hydrogens (tertiary/aromatic N) is 2. The molecule has 0 spiro atoms. The highest BCUT2D eigenvalue weighted by Gasteiger charge is 2.20. The Bertz CT molecular complexity index is 461. The lowest BCUT2D eigenvalue weighted by Crippen LogP contribution is -2.47. The van der Waals surface area contributed by atoms with Crippen LogP contribution in [-0.2, 0) is 4.79 Å². The Labute approximate surface area is 149 Å². The van der Waals surface area contributed by atoms with E-state index < -0.39 is 0 Å². The van der Waals surface area contributed by atoms with Crippen LogP contribution < -0.4 is 0 Å². The molecule has 1 fully saturated rings. The van der Waals surface area contributed by atoms with E-state index in [9.17, 15) is 4.79 Å². The van der Waals surface area contributed by atoms with Gasteiger partial charge in [-0.1, -0.05) is 66.0 Å². The van der Waals surface area contributed by atoms with E-state index in [1.807, 2.05) is 23.1 Å². The van der Waals surface area contributed by atoms with Gasteiger partial charge in [-0.2, -0.15) is 0 Å². The summed E-state index contributed by atoms with van der Waals surface area (Å²) in [7, 11) is 2.08. The fourth-order valence-electron chi connectivity index (χ4n) is 2.10. The van der Waals surface area contributed by atoms with Crippen LogP contribution in [0.15, 0.2) is 48.6 Å². The number of allylic oxidation sites excluding steroid dienone is 4. The van der Waals surface area contributed by atoms with Gasteiger partial charge in [-0.05, 0) is 30.5 Å². The zero-order chi connectivity index (χ0) is 18.7. The summed E-state index contributed by atoms with van der Waals surface area (Å²) in [5.41, 5.74) is 1.77. The summed E-state index contributed by atoms with van der Waals surface area (Å²) in [5, 5.41) is 0. The standard InChI is InChI=1S/C17H26N2O.C4H10/c1-6-15(14(3)4)8-9-16(7-2)17(20)19-12-10-18(5)11-13-19;1-4(2)3/h6-9,14H,1-2,10-13H2,3-5H3;4H,1-3H3/b15-8+,16-9+;. The number of amides is 1. The molecule has 1 aliphatic rings. The van der Waals surface area contributed by atoms with Crippen molar-refractivity contribution in [1.82, 2.24) is 9.80 Å². The van der Waals surface area contributed by atoms with Crippen LogP contribution in [0.1, 0.15) is 34.6 Å². The average molecular weight is 333 g/mol. The maximum absolute atomic E-state index is 12.4. The molecule has 1 rings (SSSR count). The van der Waals surface area contributed by atoms with Crippen LogP contribution in [0.5, 0.6) is 0 Å². The van der Waals surface area contributed by atoms with Crippen LogP contribution in [0.2, 0.25) is 0 Å². The van der Waals surface area contributed by atoms with E-state index in [2.05, 4.69) is 59.7 Å². The van der Waals surface area contributed by atoms with Crippen LogP contribution in [-0.4, -0.2) is 48.9 Å². The minimum Gasteiger partial charge on any atom is -0.336 e. The molecule has 0 aromatic carbocycles. The van der Waals surface area contributed by atoms with Crippen molar-refractivity contribution in [2.75, 3.05) is 33.2 Å². The molecule has 136 valence electrons. The second-order valence-electron chi connectivity index (χ2n) is 7.18. The van der Waals surface area contributed by atoms with Crippen LogP contribution >= 0.6 is 0 Å². The Morgan fingerprint density at radius 3 is 1.79 bits per heavy atom. The molecule has 24 heavy (non-hydrogen) atoms. The molecule has 1 aliphatic heterocycles. The van der Waals surface area contributed by atoms with Crippen LogP contribution in [0.25, 0.3) is 0 Å². The fourth-order valence-corrected chi connectivity index (χ4v) is 2.10. The molecule has 3 heteroatoms. The first-order valence-corrected chi connectivity index (χ1v) is 8.87. The molecule has 3 nitrogen and oxygen atoms in total. The van der Waals surface area contributed by atoms with Gasteiger partial charge in [-0.3, -0.25) is 4.79 Å². The van der Waals surface area contributed by atoms with Crippen molar-refractivity contribution in [2.24, 2.45) is 11.8 Å². The van der Waals surface area contributed by atoms with E-state index in [-0.39, 0.29) is 5.91 Å². The topological polar surface area (TPSA) is 23.6 Å². The first-order valence-electron chi connectivity index (χ1n) is 8.87. The molecule has 0 aromatic heterocycles. The van der Waals surface area contributed by atoms with Gasteiger partial charge in [0, 0.05) is 31.8 Å². The molecule has 0 atom stereocenters. The summed E-state index contributed by atoms with van der Waals surface area (Å²) in [5.74, 6) is 1.30. The molecule has 0 aromatic rings. The summed E-state index contributed by atoms with van der Waals surface area (Å²) in [6.07, 6.45) is 7.29. The highest BCUT2D eigenvalue weighted by atomic mass is 16.2. The second-order valence-corrected chi connectivity index (χ2v) is 7.18. The number of carbonyl (C=O) groups is 1. The summed E-state index contributed by atoms with van der Waals surface area (Å²) in [6, 6.07) is 0. The molecule has 0 radical (unpaired) electrons. The monoisotopic (exact) mass is 332 g/mol. The highest BCUT2D eigenvalue weighted by Crippen LogP contribution is 2.13. The zero-order valence-corrected chi connectivity index (χ0v) is 16.5. The van der Waals surface area contributed by atoms with Gasteiger partial charge < -0.3 is 9.80 Å². The number of hydrogen-bond acceptors (Lipinski definition) is 2. The van der Waals surface area contributed by atoms with Crippen molar-refractivity contribution in [3.63, 3.8) is 0 Å². The van der Waals surface area contributed by atoms with Gasteiger partial charge in [0.25, 0.3) is 5.91 Å². The summed E-state index contributed by atoms with van der Waals surface area (Å²) in [6.45, 7) is 21.7. The van der Waals surface area contributed by atoms with Gasteiger partial charge in [0.1, 0.15) is 0 Å². The first kappa shape index (κ1) is 22.4. The predicted molar refractivity (Wildman–Crippen MR) is 106 cm³/mol. The molecular formula is C21H36N2O. The van der Waals surface area contributed by atoms with Crippen LogP contribution in [0.4, 0.5) is 0 Å². The molecule has 0 bridgehead atoms. The molecule has 0 saturated carbocycles. The second kappa shape index (κ2) is 11.9. The van der Waals surface area contributed by atoms with Crippen molar-refractivity contribution < 1.29 is 4.79 Å². The largest absolute Gasteiger partial charge is 0.336 e. The third-order valence-corrected chi connectivity index (χ3v) is 3.62. The van der Waals surface area contributed by atoms with Gasteiger partial charge in [0.05, 0.1) is 0 Å². The Hall–Kier alpha value is -1.61. The lowest BCUT2D eigenvalue weighted by atomic mass is 10.0. The molecular weight excluding hydrogens is 296 g/mol. The Morgan fingerprint density at radius 2 is 1.42 bits per heavy atom. The minimum atomic E-state index is 0.0662. The number of carbonyl (C=O) groups excluding carboxylic acids is 1. The predicted octanol–water partition coefficient (Wildman–Crippen LogP) is 4.30. The van der Waals surface area contributed by atoms with Gasteiger partial charge >= 0.3 is 0 Å². The van der Waals surface area contributed by atoms with E-state index >= 15 is 0 Å². The van der Waals surface area contributed by atoms with Crippen molar-refractivity contribution >= 4 is 5.91 Å². The van der Waals surface area contributed by atoms with E-state index in [0.717, 1.165) is 37.7 Å². The fraction of sp³-hybridized carbons (Fsp3) is 0.571. The van der Waals surface area contributed by atoms with Crippen LogP contribution in [0.3, 0.4) is 0 Å². The van der Waals surface area contributed by atoms with E-state index in [0.29, 0.717) is 11.5 Å². The molecule has 0 unspecified atom stereocenters. The van der Waals surface area contributed by atoms with Crippen molar-refractivity contribution in [2.45, 2.75) is 34.6 Å². The van der Waals surface area contributed by atoms with E-state index in [1.54, 1.807) is 6.08 Å². The van der Waals surface area contributed by atoms with Gasteiger partial charge in [0.2, 0.25) is 0 Å².